The largest absolute Gasteiger partial charge is 0.474 e. The predicted octanol–water partition coefficient (Wildman–Crippen LogP) is 3.84. The Morgan fingerprint density at radius 1 is 1.37 bits per heavy atom. The third kappa shape index (κ3) is 7.01. The zero-order valence-corrected chi connectivity index (χ0v) is 13.1. The Kier molecular flexibility index (Phi) is 7.26. The molecule has 104 valence electrons. The lowest BCUT2D eigenvalue weighted by molar-refractivity contribution is 0.196. The van der Waals surface area contributed by atoms with E-state index in [9.17, 15) is 0 Å². The summed E-state index contributed by atoms with van der Waals surface area (Å²) in [6.07, 6.45) is 2.78. The highest BCUT2D eigenvalue weighted by Crippen LogP contribution is 2.10. The van der Waals surface area contributed by atoms with Gasteiger partial charge in [-0.1, -0.05) is 44.2 Å². The summed E-state index contributed by atoms with van der Waals surface area (Å²) in [6.45, 7) is 5.62. The Morgan fingerprint density at radius 2 is 2.05 bits per heavy atom. The fourth-order valence-electron chi connectivity index (χ4n) is 1.35. The summed E-state index contributed by atoms with van der Waals surface area (Å²) in [6, 6.07) is 9.91. The van der Waals surface area contributed by atoms with Crippen LogP contribution in [-0.4, -0.2) is 12.8 Å². The van der Waals surface area contributed by atoms with Crippen LogP contribution in [0.1, 0.15) is 25.8 Å². The first-order valence-corrected chi connectivity index (χ1v) is 7.20. The SMILES string of the molecule is CC(C)CCN=C/C(Br)=C(\N)OCc1ccccc1. The number of aliphatic imine (C=N–C) groups is 1. The van der Waals surface area contributed by atoms with E-state index in [0.717, 1.165) is 18.5 Å². The molecule has 0 aliphatic heterocycles. The van der Waals surface area contributed by atoms with Crippen molar-refractivity contribution in [1.82, 2.24) is 0 Å². The Balaban J connectivity index is 2.41. The first kappa shape index (κ1) is 15.8. The van der Waals surface area contributed by atoms with E-state index in [2.05, 4.69) is 34.8 Å². The third-order valence-electron chi connectivity index (χ3n) is 2.51. The molecule has 0 radical (unpaired) electrons. The number of nitrogens with zero attached hydrogens (tertiary/aromatic N) is 1. The van der Waals surface area contributed by atoms with Crippen LogP contribution in [0.25, 0.3) is 0 Å². The second-order valence-corrected chi connectivity index (χ2v) is 5.56. The zero-order valence-electron chi connectivity index (χ0n) is 11.5. The Bertz CT molecular complexity index is 427. The summed E-state index contributed by atoms with van der Waals surface area (Å²) in [7, 11) is 0. The molecule has 0 aliphatic rings. The molecule has 4 heteroatoms. The maximum atomic E-state index is 5.83. The highest BCUT2D eigenvalue weighted by molar-refractivity contribution is 9.12. The van der Waals surface area contributed by atoms with Crippen molar-refractivity contribution in [3.8, 4) is 0 Å². The molecule has 0 atom stereocenters. The average molecular weight is 325 g/mol. The van der Waals surface area contributed by atoms with Crippen LogP contribution in [0.2, 0.25) is 0 Å². The summed E-state index contributed by atoms with van der Waals surface area (Å²) in [5, 5.41) is 0. The molecular weight excluding hydrogens is 304 g/mol. The molecule has 0 spiro atoms. The van der Waals surface area contributed by atoms with Gasteiger partial charge in [0.25, 0.3) is 0 Å². The number of ether oxygens (including phenoxy) is 1. The van der Waals surface area contributed by atoms with Crippen LogP contribution < -0.4 is 5.73 Å². The van der Waals surface area contributed by atoms with E-state index in [1.807, 2.05) is 30.3 Å². The lowest BCUT2D eigenvalue weighted by atomic mass is 10.1. The maximum Gasteiger partial charge on any atom is 0.200 e. The van der Waals surface area contributed by atoms with Crippen molar-refractivity contribution < 1.29 is 4.74 Å². The Morgan fingerprint density at radius 3 is 2.68 bits per heavy atom. The summed E-state index contributed by atoms with van der Waals surface area (Å²) < 4.78 is 6.17. The van der Waals surface area contributed by atoms with Gasteiger partial charge in [0, 0.05) is 12.8 Å². The van der Waals surface area contributed by atoms with Crippen molar-refractivity contribution in [2.75, 3.05) is 6.54 Å². The van der Waals surface area contributed by atoms with Crippen molar-refractivity contribution in [2.24, 2.45) is 16.6 Å². The molecule has 0 aromatic heterocycles. The van der Waals surface area contributed by atoms with E-state index in [-0.39, 0.29) is 0 Å². The topological polar surface area (TPSA) is 47.6 Å². The van der Waals surface area contributed by atoms with E-state index < -0.39 is 0 Å². The minimum Gasteiger partial charge on any atom is -0.474 e. The maximum absolute atomic E-state index is 5.83. The van der Waals surface area contributed by atoms with Gasteiger partial charge in [-0.15, -0.1) is 0 Å². The van der Waals surface area contributed by atoms with Gasteiger partial charge in [0.2, 0.25) is 5.88 Å². The van der Waals surface area contributed by atoms with E-state index >= 15 is 0 Å². The second kappa shape index (κ2) is 8.75. The molecule has 1 rings (SSSR count). The van der Waals surface area contributed by atoms with Crippen molar-refractivity contribution in [3.63, 3.8) is 0 Å². The van der Waals surface area contributed by atoms with Crippen LogP contribution in [0.3, 0.4) is 0 Å². The first-order chi connectivity index (χ1) is 9.09. The van der Waals surface area contributed by atoms with Gasteiger partial charge in [0.1, 0.15) is 6.61 Å². The molecule has 0 heterocycles. The fourth-order valence-corrected chi connectivity index (χ4v) is 1.60. The van der Waals surface area contributed by atoms with E-state index in [4.69, 9.17) is 10.5 Å². The molecule has 19 heavy (non-hydrogen) atoms. The fraction of sp³-hybridized carbons (Fsp3) is 0.400. The van der Waals surface area contributed by atoms with Gasteiger partial charge < -0.3 is 10.5 Å². The van der Waals surface area contributed by atoms with Gasteiger partial charge in [0.15, 0.2) is 0 Å². The number of allylic oxidation sites excluding steroid dienone is 1. The number of rotatable bonds is 7. The summed E-state index contributed by atoms with van der Waals surface area (Å²) in [5.41, 5.74) is 6.91. The number of nitrogens with two attached hydrogens (primary N) is 1. The van der Waals surface area contributed by atoms with Crippen molar-refractivity contribution in [2.45, 2.75) is 26.9 Å². The summed E-state index contributed by atoms with van der Waals surface area (Å²) in [5.74, 6) is 1.02. The summed E-state index contributed by atoms with van der Waals surface area (Å²) in [4.78, 5) is 4.30. The van der Waals surface area contributed by atoms with Gasteiger partial charge >= 0.3 is 0 Å². The number of hydrogen-bond acceptors (Lipinski definition) is 3. The lowest BCUT2D eigenvalue weighted by Gasteiger charge is -2.07. The first-order valence-electron chi connectivity index (χ1n) is 6.41. The number of halogens is 1. The highest BCUT2D eigenvalue weighted by Gasteiger charge is 1.99. The molecule has 0 amide bonds. The number of benzene rings is 1. The van der Waals surface area contributed by atoms with Crippen LogP contribution in [0.5, 0.6) is 0 Å². The molecule has 1 aromatic carbocycles. The molecule has 0 saturated heterocycles. The molecule has 0 fully saturated rings. The molecule has 0 unspecified atom stereocenters. The van der Waals surface area contributed by atoms with Crippen LogP contribution >= 0.6 is 15.9 Å². The van der Waals surface area contributed by atoms with Gasteiger partial charge in [0.05, 0.1) is 4.48 Å². The van der Waals surface area contributed by atoms with E-state index in [1.165, 1.54) is 0 Å². The van der Waals surface area contributed by atoms with E-state index in [0.29, 0.717) is 22.9 Å². The highest BCUT2D eigenvalue weighted by atomic mass is 79.9. The monoisotopic (exact) mass is 324 g/mol. The molecule has 1 aromatic rings. The molecule has 2 N–H and O–H groups in total. The Hall–Kier alpha value is -1.29. The quantitative estimate of drug-likeness (QED) is 0.611. The zero-order chi connectivity index (χ0) is 14.1. The summed E-state index contributed by atoms with van der Waals surface area (Å²) >= 11 is 3.36. The molecule has 0 saturated carbocycles. The van der Waals surface area contributed by atoms with Crippen LogP contribution in [0, 0.1) is 5.92 Å². The van der Waals surface area contributed by atoms with Gasteiger partial charge in [-0.05, 0) is 33.8 Å². The average Bonchev–Trinajstić information content (AvgIpc) is 2.41. The standard InChI is InChI=1S/C15H21BrN2O/c1-12(2)8-9-18-10-14(16)15(17)19-11-13-6-4-3-5-7-13/h3-7,10,12H,8-9,11,17H2,1-2H3/b15-14-,18-10?. The Labute approximate surface area is 123 Å². The van der Waals surface area contributed by atoms with Crippen LogP contribution in [0.15, 0.2) is 45.7 Å². The smallest absolute Gasteiger partial charge is 0.200 e. The molecule has 0 bridgehead atoms. The van der Waals surface area contributed by atoms with Gasteiger partial charge in [-0.2, -0.15) is 0 Å². The molecule has 0 aliphatic carbocycles. The minimum absolute atomic E-state index is 0.358. The predicted molar refractivity (Wildman–Crippen MR) is 84.2 cm³/mol. The number of hydrogen-bond donors (Lipinski definition) is 1. The van der Waals surface area contributed by atoms with Crippen molar-refractivity contribution >= 4 is 22.1 Å². The second-order valence-electron chi connectivity index (χ2n) is 4.70. The van der Waals surface area contributed by atoms with Gasteiger partial charge in [-0.3, -0.25) is 4.99 Å². The third-order valence-corrected chi connectivity index (χ3v) is 3.11. The van der Waals surface area contributed by atoms with Crippen molar-refractivity contribution in [3.05, 3.63) is 46.3 Å². The lowest BCUT2D eigenvalue weighted by Crippen LogP contribution is -2.06. The molecular formula is C15H21BrN2O. The molecule has 3 nitrogen and oxygen atoms in total. The van der Waals surface area contributed by atoms with Gasteiger partial charge in [-0.25, -0.2) is 0 Å². The minimum atomic E-state index is 0.358. The van der Waals surface area contributed by atoms with Crippen molar-refractivity contribution in [1.29, 1.82) is 0 Å². The normalized spacial score (nSPS) is 12.8. The van der Waals surface area contributed by atoms with Crippen LogP contribution in [0.4, 0.5) is 0 Å². The van der Waals surface area contributed by atoms with E-state index in [1.54, 1.807) is 6.21 Å². The van der Waals surface area contributed by atoms with Crippen LogP contribution in [-0.2, 0) is 11.3 Å².